The third-order valence-electron chi connectivity index (χ3n) is 5.39. The van der Waals surface area contributed by atoms with Gasteiger partial charge in [-0.15, -0.1) is 0 Å². The quantitative estimate of drug-likeness (QED) is 0.626. The summed E-state index contributed by atoms with van der Waals surface area (Å²) in [5.41, 5.74) is -0.712. The van der Waals surface area contributed by atoms with E-state index in [-0.39, 0.29) is 23.9 Å². The summed E-state index contributed by atoms with van der Waals surface area (Å²) in [6.45, 7) is 3.80. The molecule has 0 radical (unpaired) electrons. The second kappa shape index (κ2) is 4.11. The minimum atomic E-state index is -1.08. The Kier molecular flexibility index (Phi) is 2.72. The Hall–Kier alpha value is -1.77. The van der Waals surface area contributed by atoms with E-state index in [0.29, 0.717) is 12.8 Å². The predicted molar refractivity (Wildman–Crippen MR) is 74.1 cm³/mol. The summed E-state index contributed by atoms with van der Waals surface area (Å²) in [6, 6.07) is 9.42. The van der Waals surface area contributed by atoms with Gasteiger partial charge in [0, 0.05) is 12.3 Å². The second-order valence-electron chi connectivity index (χ2n) is 6.50. The van der Waals surface area contributed by atoms with Crippen LogP contribution < -0.4 is 0 Å². The van der Waals surface area contributed by atoms with Crippen LogP contribution in [0.3, 0.4) is 0 Å². The van der Waals surface area contributed by atoms with Crippen LogP contribution in [-0.2, 0) is 20.8 Å². The number of Topliss-reactive ketones (excluding diaryl/α,β-unsaturated/α-hetero) is 3. The lowest BCUT2D eigenvalue weighted by Gasteiger charge is -2.34. The van der Waals surface area contributed by atoms with Gasteiger partial charge in [0.25, 0.3) is 0 Å². The molecule has 2 atom stereocenters. The Bertz CT molecular complexity index is 600. The molecule has 0 heterocycles. The normalized spacial score (nSPS) is 30.8. The lowest BCUT2D eigenvalue weighted by atomic mass is 9.65. The largest absolute Gasteiger partial charge is 0.298 e. The Morgan fingerprint density at radius 1 is 1.20 bits per heavy atom. The summed E-state index contributed by atoms with van der Waals surface area (Å²) in [5, 5.41) is 0. The topological polar surface area (TPSA) is 51.2 Å². The van der Waals surface area contributed by atoms with Gasteiger partial charge in [0.1, 0.15) is 5.41 Å². The highest BCUT2D eigenvalue weighted by Crippen LogP contribution is 2.62. The minimum absolute atomic E-state index is 0.0907. The van der Waals surface area contributed by atoms with Crippen LogP contribution in [0.15, 0.2) is 30.3 Å². The fourth-order valence-corrected chi connectivity index (χ4v) is 4.13. The monoisotopic (exact) mass is 270 g/mol. The van der Waals surface area contributed by atoms with Crippen molar-refractivity contribution in [1.82, 2.24) is 0 Å². The Morgan fingerprint density at radius 3 is 2.40 bits per heavy atom. The van der Waals surface area contributed by atoms with E-state index < -0.39 is 16.6 Å². The van der Waals surface area contributed by atoms with E-state index in [4.69, 9.17) is 0 Å². The molecule has 104 valence electrons. The first kappa shape index (κ1) is 13.2. The highest BCUT2D eigenvalue weighted by Gasteiger charge is 2.71. The van der Waals surface area contributed by atoms with Gasteiger partial charge in [-0.1, -0.05) is 44.2 Å². The number of benzene rings is 1. The highest BCUT2D eigenvalue weighted by atomic mass is 16.2. The maximum absolute atomic E-state index is 12.8. The standard InChI is InChI=1S/C17H18O3/c1-16(2)12-8-9-17(16,15(20)14(12)19)13(18)10-11-6-4-3-5-7-11/h3-7,12H,8-10H2,1-2H3. The van der Waals surface area contributed by atoms with E-state index in [1.54, 1.807) is 0 Å². The van der Waals surface area contributed by atoms with Gasteiger partial charge in [-0.05, 0) is 23.8 Å². The van der Waals surface area contributed by atoms with Gasteiger partial charge >= 0.3 is 0 Å². The molecule has 2 bridgehead atoms. The van der Waals surface area contributed by atoms with E-state index in [1.165, 1.54) is 0 Å². The summed E-state index contributed by atoms with van der Waals surface area (Å²) >= 11 is 0. The Morgan fingerprint density at radius 2 is 1.85 bits per heavy atom. The molecule has 2 unspecified atom stereocenters. The number of carbonyl (C=O) groups is 3. The third kappa shape index (κ3) is 1.43. The SMILES string of the molecule is CC1(C)C2CCC1(C(=O)Cc1ccccc1)C(=O)C2=O. The first-order valence-corrected chi connectivity index (χ1v) is 7.07. The van der Waals surface area contributed by atoms with Gasteiger partial charge in [-0.25, -0.2) is 0 Å². The van der Waals surface area contributed by atoms with Gasteiger partial charge in [-0.3, -0.25) is 14.4 Å². The molecule has 3 rings (SSSR count). The molecule has 1 aromatic rings. The fraction of sp³-hybridized carbons (Fsp3) is 0.471. The third-order valence-corrected chi connectivity index (χ3v) is 5.39. The summed E-state index contributed by atoms with van der Waals surface area (Å²) in [7, 11) is 0. The van der Waals surface area contributed by atoms with E-state index >= 15 is 0 Å². The molecule has 20 heavy (non-hydrogen) atoms. The Labute approximate surface area is 118 Å². The molecule has 0 amide bonds. The van der Waals surface area contributed by atoms with E-state index in [2.05, 4.69) is 0 Å². The summed E-state index contributed by atoms with van der Waals surface area (Å²) in [6.07, 6.45) is 1.43. The molecular weight excluding hydrogens is 252 g/mol. The van der Waals surface area contributed by atoms with Gasteiger partial charge in [0.2, 0.25) is 11.6 Å². The second-order valence-corrected chi connectivity index (χ2v) is 6.50. The molecular formula is C17H18O3. The molecule has 2 aliphatic carbocycles. The van der Waals surface area contributed by atoms with Crippen molar-refractivity contribution in [2.75, 3.05) is 0 Å². The number of fused-ring (bicyclic) bond motifs is 2. The summed E-state index contributed by atoms with van der Waals surface area (Å²) < 4.78 is 0. The maximum atomic E-state index is 12.8. The molecule has 1 aromatic carbocycles. The average Bonchev–Trinajstić information content (AvgIpc) is 2.76. The van der Waals surface area contributed by atoms with Crippen LogP contribution in [0.2, 0.25) is 0 Å². The van der Waals surface area contributed by atoms with Crippen molar-refractivity contribution in [3.8, 4) is 0 Å². The van der Waals surface area contributed by atoms with Crippen LogP contribution in [0, 0.1) is 16.7 Å². The van der Waals surface area contributed by atoms with Crippen molar-refractivity contribution in [3.05, 3.63) is 35.9 Å². The van der Waals surface area contributed by atoms with Crippen LogP contribution in [0.4, 0.5) is 0 Å². The zero-order chi connectivity index (χ0) is 14.5. The molecule has 0 aromatic heterocycles. The molecule has 2 saturated carbocycles. The van der Waals surface area contributed by atoms with Crippen LogP contribution in [0.25, 0.3) is 0 Å². The van der Waals surface area contributed by atoms with Gasteiger partial charge in [0.05, 0.1) is 0 Å². The van der Waals surface area contributed by atoms with E-state index in [9.17, 15) is 14.4 Å². The molecule has 0 spiro atoms. The number of rotatable bonds is 3. The van der Waals surface area contributed by atoms with Crippen molar-refractivity contribution in [2.24, 2.45) is 16.7 Å². The molecule has 2 fully saturated rings. The number of hydrogen-bond donors (Lipinski definition) is 0. The van der Waals surface area contributed by atoms with Crippen LogP contribution in [0.5, 0.6) is 0 Å². The summed E-state index contributed by atoms with van der Waals surface area (Å²) in [4.78, 5) is 37.2. The molecule has 0 aliphatic heterocycles. The minimum Gasteiger partial charge on any atom is -0.298 e. The molecule has 3 nitrogen and oxygen atoms in total. The first-order chi connectivity index (χ1) is 9.41. The van der Waals surface area contributed by atoms with E-state index in [1.807, 2.05) is 44.2 Å². The molecule has 2 aliphatic rings. The first-order valence-electron chi connectivity index (χ1n) is 7.07. The highest BCUT2D eigenvalue weighted by molar-refractivity contribution is 6.47. The number of hydrogen-bond acceptors (Lipinski definition) is 3. The lowest BCUT2D eigenvalue weighted by molar-refractivity contribution is -0.147. The van der Waals surface area contributed by atoms with Crippen LogP contribution in [0.1, 0.15) is 32.3 Å². The van der Waals surface area contributed by atoms with Gasteiger partial charge in [0.15, 0.2) is 5.78 Å². The summed E-state index contributed by atoms with van der Waals surface area (Å²) in [5.74, 6) is -1.14. The van der Waals surface area contributed by atoms with E-state index in [0.717, 1.165) is 5.56 Å². The molecule has 0 N–H and O–H groups in total. The van der Waals surface area contributed by atoms with Crippen molar-refractivity contribution in [2.45, 2.75) is 33.1 Å². The zero-order valence-corrected chi connectivity index (χ0v) is 11.8. The maximum Gasteiger partial charge on any atom is 0.212 e. The zero-order valence-electron chi connectivity index (χ0n) is 11.8. The fourth-order valence-electron chi connectivity index (χ4n) is 4.13. The van der Waals surface area contributed by atoms with Crippen LogP contribution in [-0.4, -0.2) is 17.3 Å². The predicted octanol–water partition coefficient (Wildman–Crippen LogP) is 2.37. The lowest BCUT2D eigenvalue weighted by Crippen LogP contribution is -2.45. The molecule has 3 heteroatoms. The molecule has 0 saturated heterocycles. The van der Waals surface area contributed by atoms with Crippen molar-refractivity contribution < 1.29 is 14.4 Å². The van der Waals surface area contributed by atoms with Crippen molar-refractivity contribution >= 4 is 17.3 Å². The van der Waals surface area contributed by atoms with Gasteiger partial charge in [-0.2, -0.15) is 0 Å². The number of carbonyl (C=O) groups excluding carboxylic acids is 3. The van der Waals surface area contributed by atoms with Gasteiger partial charge < -0.3 is 0 Å². The van der Waals surface area contributed by atoms with Crippen molar-refractivity contribution in [1.29, 1.82) is 0 Å². The van der Waals surface area contributed by atoms with Crippen molar-refractivity contribution in [3.63, 3.8) is 0 Å². The Balaban J connectivity index is 1.98. The number of ketones is 3. The smallest absolute Gasteiger partial charge is 0.212 e. The average molecular weight is 270 g/mol. The van der Waals surface area contributed by atoms with Crippen LogP contribution >= 0.6 is 0 Å².